The van der Waals surface area contributed by atoms with Gasteiger partial charge in [0.25, 0.3) is 0 Å². The highest BCUT2D eigenvalue weighted by atomic mass is 19.2. The van der Waals surface area contributed by atoms with Crippen LogP contribution in [-0.2, 0) is 12.8 Å². The van der Waals surface area contributed by atoms with Crippen LogP contribution in [0.4, 0.5) is 24.5 Å². The van der Waals surface area contributed by atoms with E-state index >= 15 is 0 Å². The van der Waals surface area contributed by atoms with Gasteiger partial charge in [0.2, 0.25) is 0 Å². The van der Waals surface area contributed by atoms with Crippen LogP contribution in [0, 0.1) is 29.3 Å². The molecule has 0 bridgehead atoms. The molecule has 0 aliphatic rings. The summed E-state index contributed by atoms with van der Waals surface area (Å²) in [6, 6.07) is 15.2. The smallest absolute Gasteiger partial charge is 0.194 e. The summed E-state index contributed by atoms with van der Waals surface area (Å²) in [5.74, 6) is 2.25. The van der Waals surface area contributed by atoms with Gasteiger partial charge >= 0.3 is 0 Å². The molecule has 0 atom stereocenters. The highest BCUT2D eigenvalue weighted by Gasteiger charge is 2.10. The first-order valence-electron chi connectivity index (χ1n) is 9.80. The Morgan fingerprint density at radius 1 is 0.767 bits per heavy atom. The van der Waals surface area contributed by atoms with Crippen LogP contribution in [0.15, 0.2) is 64.8 Å². The summed E-state index contributed by atoms with van der Waals surface area (Å²) in [4.78, 5) is 0. The average molecular weight is 406 g/mol. The molecule has 0 aliphatic heterocycles. The molecule has 0 spiro atoms. The summed E-state index contributed by atoms with van der Waals surface area (Å²) in [5.41, 5.74) is 4.53. The molecule has 152 valence electrons. The van der Waals surface area contributed by atoms with Gasteiger partial charge in [-0.05, 0) is 54.3 Å². The van der Waals surface area contributed by atoms with Crippen molar-refractivity contribution in [2.45, 2.75) is 33.1 Å². The molecule has 0 aliphatic carbocycles. The third kappa shape index (κ3) is 5.36. The van der Waals surface area contributed by atoms with E-state index in [4.69, 9.17) is 0 Å². The van der Waals surface area contributed by atoms with Crippen LogP contribution in [0.2, 0.25) is 0 Å². The largest absolute Gasteiger partial charge is 0.204 e. The zero-order valence-corrected chi connectivity index (χ0v) is 16.8. The normalized spacial score (nSPS) is 10.8. The average Bonchev–Trinajstić information content (AvgIpc) is 2.76. The van der Waals surface area contributed by atoms with Crippen molar-refractivity contribution in [2.75, 3.05) is 0 Å². The zero-order chi connectivity index (χ0) is 21.5. The molecule has 0 saturated carbocycles. The van der Waals surface area contributed by atoms with Crippen molar-refractivity contribution in [3.05, 3.63) is 94.3 Å². The molecule has 2 nitrogen and oxygen atoms in total. The Balaban J connectivity index is 1.80. The summed E-state index contributed by atoms with van der Waals surface area (Å²) < 4.78 is 39.6. The van der Waals surface area contributed by atoms with Gasteiger partial charge in [-0.25, -0.2) is 13.2 Å². The van der Waals surface area contributed by atoms with Crippen molar-refractivity contribution in [1.29, 1.82) is 0 Å². The Labute approximate surface area is 174 Å². The molecule has 0 heterocycles. The predicted octanol–water partition coefficient (Wildman–Crippen LogP) is 7.43. The van der Waals surface area contributed by atoms with E-state index in [0.717, 1.165) is 48.1 Å². The topological polar surface area (TPSA) is 24.7 Å². The molecule has 0 fully saturated rings. The minimum Gasteiger partial charge on any atom is -0.204 e. The van der Waals surface area contributed by atoms with E-state index in [1.165, 1.54) is 5.56 Å². The summed E-state index contributed by atoms with van der Waals surface area (Å²) in [6.45, 7) is 4.16. The third-order valence-electron chi connectivity index (χ3n) is 4.55. The Hall–Kier alpha value is -3.39. The Kier molecular flexibility index (Phi) is 7.03. The van der Waals surface area contributed by atoms with E-state index in [1.54, 1.807) is 6.07 Å². The van der Waals surface area contributed by atoms with Crippen LogP contribution >= 0.6 is 0 Å². The minimum atomic E-state index is -1.52. The first-order chi connectivity index (χ1) is 14.5. The number of hydrogen-bond donors (Lipinski definition) is 0. The maximum absolute atomic E-state index is 13.3. The Bertz CT molecular complexity index is 1100. The van der Waals surface area contributed by atoms with E-state index in [-0.39, 0.29) is 5.69 Å². The van der Waals surface area contributed by atoms with Crippen molar-refractivity contribution in [3.63, 3.8) is 0 Å². The van der Waals surface area contributed by atoms with Crippen LogP contribution in [0.1, 0.15) is 42.5 Å². The zero-order valence-electron chi connectivity index (χ0n) is 16.8. The van der Waals surface area contributed by atoms with Gasteiger partial charge in [-0.3, -0.25) is 0 Å². The molecule has 30 heavy (non-hydrogen) atoms. The molecule has 3 aromatic carbocycles. The molecule has 5 heteroatoms. The maximum Gasteiger partial charge on any atom is 0.194 e. The maximum atomic E-state index is 13.3. The first-order valence-corrected chi connectivity index (χ1v) is 9.80. The second kappa shape index (κ2) is 9.89. The highest BCUT2D eigenvalue weighted by Crippen LogP contribution is 2.24. The van der Waals surface area contributed by atoms with Crippen LogP contribution in [-0.4, -0.2) is 0 Å². The van der Waals surface area contributed by atoms with Gasteiger partial charge in [-0.1, -0.05) is 44.2 Å². The second-order valence-electron chi connectivity index (χ2n) is 6.82. The summed E-state index contributed by atoms with van der Waals surface area (Å²) in [7, 11) is 0. The highest BCUT2D eigenvalue weighted by molar-refractivity contribution is 5.52. The fourth-order valence-electron chi connectivity index (χ4n) is 2.96. The van der Waals surface area contributed by atoms with E-state index in [0.29, 0.717) is 5.69 Å². The SMILES string of the molecule is CCCc1ccc(C#Cc2ccc(N=Nc3cc(F)c(F)c(F)c3)cc2CC)cc1. The van der Waals surface area contributed by atoms with Gasteiger partial charge in [-0.2, -0.15) is 10.2 Å². The van der Waals surface area contributed by atoms with Gasteiger partial charge in [0, 0.05) is 23.3 Å². The van der Waals surface area contributed by atoms with Crippen LogP contribution in [0.25, 0.3) is 0 Å². The van der Waals surface area contributed by atoms with Gasteiger partial charge in [0.15, 0.2) is 17.5 Å². The van der Waals surface area contributed by atoms with Crippen LogP contribution < -0.4 is 0 Å². The quantitative estimate of drug-likeness (QED) is 0.239. The monoisotopic (exact) mass is 406 g/mol. The van der Waals surface area contributed by atoms with Crippen molar-refractivity contribution in [2.24, 2.45) is 10.2 Å². The van der Waals surface area contributed by atoms with Crippen molar-refractivity contribution in [1.82, 2.24) is 0 Å². The van der Waals surface area contributed by atoms with Gasteiger partial charge in [0.1, 0.15) is 0 Å². The van der Waals surface area contributed by atoms with E-state index in [9.17, 15) is 13.2 Å². The van der Waals surface area contributed by atoms with Crippen LogP contribution in [0.5, 0.6) is 0 Å². The summed E-state index contributed by atoms with van der Waals surface area (Å²) >= 11 is 0. The molecule has 0 aromatic heterocycles. The second-order valence-corrected chi connectivity index (χ2v) is 6.82. The van der Waals surface area contributed by atoms with Crippen molar-refractivity contribution in [3.8, 4) is 11.8 Å². The number of aryl methyl sites for hydroxylation is 2. The number of azo groups is 1. The van der Waals surface area contributed by atoms with Gasteiger partial charge in [-0.15, -0.1) is 0 Å². The minimum absolute atomic E-state index is 0.0974. The molecular formula is C25H21F3N2. The lowest BCUT2D eigenvalue weighted by Gasteiger charge is -2.03. The number of rotatable bonds is 5. The van der Waals surface area contributed by atoms with Gasteiger partial charge < -0.3 is 0 Å². The van der Waals surface area contributed by atoms with E-state index < -0.39 is 17.5 Å². The predicted molar refractivity (Wildman–Crippen MR) is 113 cm³/mol. The molecule has 0 N–H and O–H groups in total. The lowest BCUT2D eigenvalue weighted by Crippen LogP contribution is -1.88. The van der Waals surface area contributed by atoms with Crippen molar-refractivity contribution < 1.29 is 13.2 Å². The lowest BCUT2D eigenvalue weighted by atomic mass is 10.0. The molecule has 0 radical (unpaired) electrons. The summed E-state index contributed by atoms with van der Waals surface area (Å²) in [6.07, 6.45) is 2.91. The molecule has 0 unspecified atom stereocenters. The standard InChI is InChI=1S/C25H21F3N2/c1-3-5-17-6-8-18(9-7-17)10-11-20-12-13-21(14-19(20)4-2)29-30-22-15-23(26)25(28)24(27)16-22/h6-9,12-16H,3-5H2,1-2H3. The van der Waals surface area contributed by atoms with E-state index in [2.05, 4.69) is 41.1 Å². The molecular weight excluding hydrogens is 385 g/mol. The Morgan fingerprint density at radius 2 is 1.43 bits per heavy atom. The number of halogens is 3. The molecule has 3 aromatic rings. The van der Waals surface area contributed by atoms with Gasteiger partial charge in [0.05, 0.1) is 11.4 Å². The molecule has 3 rings (SSSR count). The first kappa shape index (κ1) is 21.3. The van der Waals surface area contributed by atoms with Crippen LogP contribution in [0.3, 0.4) is 0 Å². The number of benzene rings is 3. The van der Waals surface area contributed by atoms with E-state index in [1.807, 2.05) is 31.2 Å². The lowest BCUT2D eigenvalue weighted by molar-refractivity contribution is 0.447. The number of nitrogens with zero attached hydrogens (tertiary/aromatic N) is 2. The fraction of sp³-hybridized carbons (Fsp3) is 0.200. The summed E-state index contributed by atoms with van der Waals surface area (Å²) in [5, 5.41) is 7.81. The third-order valence-corrected chi connectivity index (χ3v) is 4.55. The molecule has 0 amide bonds. The fourth-order valence-corrected chi connectivity index (χ4v) is 2.96. The molecule has 0 saturated heterocycles. The van der Waals surface area contributed by atoms with Crippen molar-refractivity contribution >= 4 is 11.4 Å². The Morgan fingerprint density at radius 3 is 2.07 bits per heavy atom. The number of hydrogen-bond acceptors (Lipinski definition) is 2.